The van der Waals surface area contributed by atoms with Gasteiger partial charge < -0.3 is 24.6 Å². The molecule has 0 radical (unpaired) electrons. The SMILES string of the molecule is O=C(CCC(=O)N1CCOCC1)Nc1c(F)c(N2CCOCC2)nc(F)c1Cl. The van der Waals surface area contributed by atoms with Gasteiger partial charge in [0.2, 0.25) is 17.8 Å². The average molecular weight is 419 g/mol. The Kier molecular flexibility index (Phi) is 6.97. The lowest BCUT2D eigenvalue weighted by molar-refractivity contribution is -0.136. The Hall–Kier alpha value is -2.04. The van der Waals surface area contributed by atoms with Crippen LogP contribution in [0.4, 0.5) is 20.3 Å². The van der Waals surface area contributed by atoms with Gasteiger partial charge >= 0.3 is 0 Å². The Bertz CT molecular complexity index is 740. The van der Waals surface area contributed by atoms with Gasteiger partial charge in [0.25, 0.3) is 0 Å². The van der Waals surface area contributed by atoms with Gasteiger partial charge in [-0.25, -0.2) is 4.39 Å². The molecule has 2 fully saturated rings. The quantitative estimate of drug-likeness (QED) is 0.728. The molecule has 0 spiro atoms. The Morgan fingerprint density at radius 3 is 2.29 bits per heavy atom. The zero-order valence-corrected chi connectivity index (χ0v) is 15.9. The van der Waals surface area contributed by atoms with E-state index in [1.54, 1.807) is 4.90 Å². The number of hydrogen-bond acceptors (Lipinski definition) is 6. The van der Waals surface area contributed by atoms with Crippen LogP contribution >= 0.6 is 11.6 Å². The van der Waals surface area contributed by atoms with Crippen molar-refractivity contribution in [1.82, 2.24) is 9.88 Å². The van der Waals surface area contributed by atoms with Gasteiger partial charge in [0.1, 0.15) is 10.7 Å². The summed E-state index contributed by atoms with van der Waals surface area (Å²) >= 11 is 5.81. The number of nitrogens with zero attached hydrogens (tertiary/aromatic N) is 3. The summed E-state index contributed by atoms with van der Waals surface area (Å²) in [5, 5.41) is 1.67. The molecule has 2 saturated heterocycles. The highest BCUT2D eigenvalue weighted by atomic mass is 35.5. The summed E-state index contributed by atoms with van der Waals surface area (Å²) in [5.74, 6) is -3.06. The van der Waals surface area contributed by atoms with Crippen molar-refractivity contribution in [2.75, 3.05) is 62.8 Å². The number of amides is 2. The van der Waals surface area contributed by atoms with Gasteiger partial charge in [-0.3, -0.25) is 9.59 Å². The van der Waals surface area contributed by atoms with Crippen LogP contribution in [-0.4, -0.2) is 74.3 Å². The van der Waals surface area contributed by atoms with Crippen molar-refractivity contribution < 1.29 is 27.8 Å². The lowest BCUT2D eigenvalue weighted by Gasteiger charge is -2.28. The average Bonchev–Trinajstić information content (AvgIpc) is 2.73. The third kappa shape index (κ3) is 4.86. The molecule has 0 unspecified atom stereocenters. The predicted molar refractivity (Wildman–Crippen MR) is 97.5 cm³/mol. The highest BCUT2D eigenvalue weighted by Gasteiger charge is 2.26. The van der Waals surface area contributed by atoms with Crippen molar-refractivity contribution in [3.8, 4) is 0 Å². The molecule has 1 aromatic rings. The van der Waals surface area contributed by atoms with Crippen molar-refractivity contribution in [1.29, 1.82) is 0 Å². The zero-order valence-electron chi connectivity index (χ0n) is 15.2. The van der Waals surface area contributed by atoms with Crippen molar-refractivity contribution in [2.24, 2.45) is 0 Å². The van der Waals surface area contributed by atoms with E-state index in [9.17, 15) is 18.4 Å². The molecule has 0 saturated carbocycles. The van der Waals surface area contributed by atoms with Crippen LogP contribution in [0.2, 0.25) is 5.02 Å². The van der Waals surface area contributed by atoms with Gasteiger partial charge in [0, 0.05) is 39.0 Å². The van der Waals surface area contributed by atoms with E-state index in [2.05, 4.69) is 10.3 Å². The monoisotopic (exact) mass is 418 g/mol. The smallest absolute Gasteiger partial charge is 0.235 e. The first kappa shape index (κ1) is 20.7. The largest absolute Gasteiger partial charge is 0.378 e. The van der Waals surface area contributed by atoms with Gasteiger partial charge in [-0.1, -0.05) is 11.6 Å². The lowest BCUT2D eigenvalue weighted by Crippen LogP contribution is -2.40. The third-order valence-corrected chi connectivity index (χ3v) is 4.87. The second-order valence-electron chi connectivity index (χ2n) is 6.37. The number of rotatable bonds is 5. The van der Waals surface area contributed by atoms with E-state index in [0.717, 1.165) is 0 Å². The number of halogens is 3. The molecule has 3 rings (SSSR count). The first-order chi connectivity index (χ1) is 13.5. The standard InChI is InChI=1S/C17H21ClF2N4O4/c18-13-15(14(19)17(22-16(13)20)24-5-9-28-10-6-24)21-11(25)1-2-12(26)23-3-7-27-8-4-23/h1-10H2,(H,21,22,25). The minimum Gasteiger partial charge on any atom is -0.378 e. The molecule has 3 heterocycles. The van der Waals surface area contributed by atoms with E-state index in [0.29, 0.717) is 52.6 Å². The Morgan fingerprint density at radius 2 is 1.64 bits per heavy atom. The molecule has 2 amide bonds. The lowest BCUT2D eigenvalue weighted by atomic mass is 10.2. The molecule has 2 aliphatic rings. The van der Waals surface area contributed by atoms with E-state index in [4.69, 9.17) is 21.1 Å². The molecule has 0 aliphatic carbocycles. The third-order valence-electron chi connectivity index (χ3n) is 4.53. The van der Waals surface area contributed by atoms with E-state index in [-0.39, 0.29) is 24.6 Å². The van der Waals surface area contributed by atoms with Crippen LogP contribution in [-0.2, 0) is 19.1 Å². The fraction of sp³-hybridized carbons (Fsp3) is 0.588. The first-order valence-corrected chi connectivity index (χ1v) is 9.37. The molecule has 0 aromatic carbocycles. The zero-order chi connectivity index (χ0) is 20.1. The van der Waals surface area contributed by atoms with Gasteiger partial charge in [-0.2, -0.15) is 9.37 Å². The summed E-state index contributed by atoms with van der Waals surface area (Å²) in [6, 6.07) is 0. The van der Waals surface area contributed by atoms with E-state index < -0.39 is 28.4 Å². The van der Waals surface area contributed by atoms with Crippen molar-refractivity contribution in [3.63, 3.8) is 0 Å². The van der Waals surface area contributed by atoms with Crippen molar-refractivity contribution in [2.45, 2.75) is 12.8 Å². The highest BCUT2D eigenvalue weighted by molar-refractivity contribution is 6.33. The molecule has 28 heavy (non-hydrogen) atoms. The van der Waals surface area contributed by atoms with Gasteiger partial charge in [0.15, 0.2) is 11.6 Å². The van der Waals surface area contributed by atoms with Gasteiger partial charge in [0.05, 0.1) is 26.4 Å². The molecular weight excluding hydrogens is 398 g/mol. The van der Waals surface area contributed by atoms with Crippen LogP contribution in [0, 0.1) is 11.8 Å². The van der Waals surface area contributed by atoms with Gasteiger partial charge in [-0.15, -0.1) is 0 Å². The van der Waals surface area contributed by atoms with E-state index in [1.807, 2.05) is 0 Å². The summed E-state index contributed by atoms with van der Waals surface area (Å²) in [5.41, 5.74) is -0.473. The second kappa shape index (κ2) is 9.44. The summed E-state index contributed by atoms with van der Waals surface area (Å²) < 4.78 is 39.3. The van der Waals surface area contributed by atoms with Crippen LogP contribution in [0.1, 0.15) is 12.8 Å². The van der Waals surface area contributed by atoms with E-state index >= 15 is 0 Å². The number of hydrogen-bond donors (Lipinski definition) is 1. The van der Waals surface area contributed by atoms with Crippen LogP contribution < -0.4 is 10.2 Å². The molecule has 0 bridgehead atoms. The van der Waals surface area contributed by atoms with Crippen molar-refractivity contribution >= 4 is 34.9 Å². The predicted octanol–water partition coefficient (Wildman–Crippen LogP) is 1.43. The summed E-state index contributed by atoms with van der Waals surface area (Å²) in [6.45, 7) is 3.25. The molecule has 1 N–H and O–H groups in total. The number of carbonyl (C=O) groups is 2. The molecule has 8 nitrogen and oxygen atoms in total. The minimum absolute atomic E-state index is 0.0467. The Labute approximate surface area is 165 Å². The number of ether oxygens (including phenoxy) is 2. The fourth-order valence-electron chi connectivity index (χ4n) is 2.99. The van der Waals surface area contributed by atoms with Crippen LogP contribution in [0.3, 0.4) is 0 Å². The number of pyridine rings is 1. The molecule has 0 atom stereocenters. The Balaban J connectivity index is 1.66. The summed E-state index contributed by atoms with van der Waals surface area (Å²) in [4.78, 5) is 31.0. The number of morpholine rings is 2. The molecule has 1 aromatic heterocycles. The molecule has 11 heteroatoms. The molecular formula is C17H21ClF2N4O4. The number of nitrogens with one attached hydrogen (secondary N) is 1. The topological polar surface area (TPSA) is 84.0 Å². The maximum atomic E-state index is 14.8. The molecule has 2 aliphatic heterocycles. The fourth-order valence-corrected chi connectivity index (χ4v) is 3.16. The molecule has 154 valence electrons. The normalized spacial score (nSPS) is 17.5. The highest BCUT2D eigenvalue weighted by Crippen LogP contribution is 2.33. The number of anilines is 2. The maximum Gasteiger partial charge on any atom is 0.235 e. The van der Waals surface area contributed by atoms with Crippen LogP contribution in [0.5, 0.6) is 0 Å². The van der Waals surface area contributed by atoms with E-state index in [1.165, 1.54) is 4.90 Å². The second-order valence-corrected chi connectivity index (χ2v) is 6.75. The van der Waals surface area contributed by atoms with Gasteiger partial charge in [-0.05, 0) is 0 Å². The number of carbonyl (C=O) groups excluding carboxylic acids is 2. The van der Waals surface area contributed by atoms with Crippen LogP contribution in [0.25, 0.3) is 0 Å². The summed E-state index contributed by atoms with van der Waals surface area (Å²) in [6.07, 6.45) is -0.224. The number of aromatic nitrogens is 1. The maximum absolute atomic E-state index is 14.8. The minimum atomic E-state index is -1.08. The van der Waals surface area contributed by atoms with Crippen LogP contribution in [0.15, 0.2) is 0 Å². The first-order valence-electron chi connectivity index (χ1n) is 9.00. The van der Waals surface area contributed by atoms with Crippen molar-refractivity contribution in [3.05, 3.63) is 16.8 Å². The Morgan fingerprint density at radius 1 is 1.04 bits per heavy atom. The summed E-state index contributed by atoms with van der Waals surface area (Å²) in [7, 11) is 0.